The van der Waals surface area contributed by atoms with Gasteiger partial charge in [0.05, 0.1) is 13.1 Å². The smallest absolute Gasteiger partial charge is 0.317 e. The molecule has 2 amide bonds. The van der Waals surface area contributed by atoms with Crippen LogP contribution in [0, 0.1) is 0 Å². The summed E-state index contributed by atoms with van der Waals surface area (Å²) in [6, 6.07) is 10.0. The predicted octanol–water partition coefficient (Wildman–Crippen LogP) is 1.55. The minimum atomic E-state index is -0.871. The third-order valence-electron chi connectivity index (χ3n) is 4.68. The van der Waals surface area contributed by atoms with E-state index in [-0.39, 0.29) is 25.2 Å². The molecule has 0 bridgehead atoms. The first-order chi connectivity index (χ1) is 11.7. The Morgan fingerprint density at radius 2 is 2.00 bits per heavy atom. The molecule has 3 heterocycles. The van der Waals surface area contributed by atoms with E-state index in [1.54, 1.807) is 0 Å². The highest BCUT2D eigenvalue weighted by atomic mass is 19.1. The standard InChI is InChI=1S/C17H20FN5O/c18-13-9-22(10-13)17(24)19-14-6-7-15-20-21-16(23(15)11-14)8-12-4-2-1-3-5-12/h1-5,13-14H,6-11H2,(H,19,24)/t14-/m0/s1. The van der Waals surface area contributed by atoms with Crippen LogP contribution in [0.1, 0.15) is 23.6 Å². The summed E-state index contributed by atoms with van der Waals surface area (Å²) in [6.45, 7) is 1.08. The molecule has 0 saturated carbocycles. The zero-order chi connectivity index (χ0) is 16.5. The molecule has 6 nitrogen and oxygen atoms in total. The maximum absolute atomic E-state index is 12.9. The summed E-state index contributed by atoms with van der Waals surface area (Å²) in [6.07, 6.45) is 1.48. The topological polar surface area (TPSA) is 63.1 Å². The van der Waals surface area contributed by atoms with Gasteiger partial charge >= 0.3 is 6.03 Å². The lowest BCUT2D eigenvalue weighted by Gasteiger charge is -2.36. The fourth-order valence-electron chi connectivity index (χ4n) is 3.27. The number of urea groups is 1. The van der Waals surface area contributed by atoms with Crippen molar-refractivity contribution in [1.29, 1.82) is 0 Å². The Bertz CT molecular complexity index is 726. The predicted molar refractivity (Wildman–Crippen MR) is 86.4 cm³/mol. The first kappa shape index (κ1) is 15.1. The van der Waals surface area contributed by atoms with Crippen LogP contribution in [-0.2, 0) is 19.4 Å². The van der Waals surface area contributed by atoms with Crippen molar-refractivity contribution in [3.63, 3.8) is 0 Å². The lowest BCUT2D eigenvalue weighted by Crippen LogP contribution is -2.57. The molecule has 0 aliphatic carbocycles. The molecule has 1 aromatic heterocycles. The molecule has 7 heteroatoms. The van der Waals surface area contributed by atoms with Crippen molar-refractivity contribution in [3.05, 3.63) is 47.5 Å². The molecular weight excluding hydrogens is 309 g/mol. The average molecular weight is 329 g/mol. The third kappa shape index (κ3) is 2.98. The number of benzene rings is 1. The van der Waals surface area contributed by atoms with E-state index >= 15 is 0 Å². The number of carbonyl (C=O) groups excluding carboxylic acids is 1. The number of alkyl halides is 1. The number of nitrogens with one attached hydrogen (secondary N) is 1. The van der Waals surface area contributed by atoms with E-state index in [9.17, 15) is 9.18 Å². The zero-order valence-electron chi connectivity index (χ0n) is 13.4. The Morgan fingerprint density at radius 1 is 1.21 bits per heavy atom. The van der Waals surface area contributed by atoms with E-state index in [1.165, 1.54) is 10.5 Å². The number of carbonyl (C=O) groups is 1. The number of fused-ring (bicyclic) bond motifs is 1. The Hall–Kier alpha value is -2.44. The van der Waals surface area contributed by atoms with Gasteiger partial charge in [0.2, 0.25) is 0 Å². The minimum Gasteiger partial charge on any atom is -0.333 e. The van der Waals surface area contributed by atoms with Gasteiger partial charge in [-0.25, -0.2) is 9.18 Å². The quantitative estimate of drug-likeness (QED) is 0.929. The molecule has 1 aromatic carbocycles. The number of aryl methyl sites for hydroxylation is 1. The van der Waals surface area contributed by atoms with Crippen LogP contribution in [0.5, 0.6) is 0 Å². The fraction of sp³-hybridized carbons (Fsp3) is 0.471. The summed E-state index contributed by atoms with van der Waals surface area (Å²) < 4.78 is 15.0. The van der Waals surface area contributed by atoms with E-state index in [1.807, 2.05) is 18.2 Å². The zero-order valence-corrected chi connectivity index (χ0v) is 13.4. The average Bonchev–Trinajstić information content (AvgIpc) is 2.95. The molecule has 24 heavy (non-hydrogen) atoms. The number of rotatable bonds is 3. The second-order valence-corrected chi connectivity index (χ2v) is 6.49. The van der Waals surface area contributed by atoms with E-state index in [0.717, 1.165) is 30.9 Å². The van der Waals surface area contributed by atoms with Crippen LogP contribution < -0.4 is 5.32 Å². The molecule has 0 radical (unpaired) electrons. The van der Waals surface area contributed by atoms with Gasteiger partial charge in [-0.3, -0.25) is 0 Å². The molecule has 1 N–H and O–H groups in total. The van der Waals surface area contributed by atoms with Crippen LogP contribution in [0.3, 0.4) is 0 Å². The molecule has 126 valence electrons. The van der Waals surface area contributed by atoms with Crippen molar-refractivity contribution >= 4 is 6.03 Å². The molecule has 1 fully saturated rings. The summed E-state index contributed by atoms with van der Waals surface area (Å²) in [7, 11) is 0. The van der Waals surface area contributed by atoms with Gasteiger partial charge in [-0.15, -0.1) is 10.2 Å². The van der Waals surface area contributed by atoms with Gasteiger partial charge in [0.25, 0.3) is 0 Å². The van der Waals surface area contributed by atoms with Crippen molar-refractivity contribution in [3.8, 4) is 0 Å². The fourth-order valence-corrected chi connectivity index (χ4v) is 3.27. The van der Waals surface area contributed by atoms with Crippen molar-refractivity contribution < 1.29 is 9.18 Å². The highest BCUT2D eigenvalue weighted by Crippen LogP contribution is 2.18. The summed E-state index contributed by atoms with van der Waals surface area (Å²) in [5.74, 6) is 1.89. The van der Waals surface area contributed by atoms with Gasteiger partial charge in [-0.05, 0) is 12.0 Å². The summed E-state index contributed by atoms with van der Waals surface area (Å²) in [5.41, 5.74) is 1.19. The van der Waals surface area contributed by atoms with E-state index < -0.39 is 6.17 Å². The van der Waals surface area contributed by atoms with Gasteiger partial charge in [0, 0.05) is 25.4 Å². The SMILES string of the molecule is O=C(N[C@H]1CCc2nnc(Cc3ccccc3)n2C1)N1CC(F)C1. The third-order valence-corrected chi connectivity index (χ3v) is 4.68. The van der Waals surface area contributed by atoms with Crippen molar-refractivity contribution in [2.45, 2.75) is 38.0 Å². The number of hydrogen-bond acceptors (Lipinski definition) is 3. The van der Waals surface area contributed by atoms with Gasteiger partial charge in [0.1, 0.15) is 17.8 Å². The molecule has 0 spiro atoms. The molecule has 0 unspecified atom stereocenters. The molecule has 1 saturated heterocycles. The number of likely N-dealkylation sites (tertiary alicyclic amines) is 1. The minimum absolute atomic E-state index is 0.0363. The summed E-state index contributed by atoms with van der Waals surface area (Å²) in [5, 5.41) is 11.6. The summed E-state index contributed by atoms with van der Waals surface area (Å²) >= 11 is 0. The monoisotopic (exact) mass is 329 g/mol. The number of hydrogen-bond donors (Lipinski definition) is 1. The lowest BCUT2D eigenvalue weighted by molar-refractivity contribution is 0.0871. The summed E-state index contributed by atoms with van der Waals surface area (Å²) in [4.78, 5) is 13.6. The van der Waals surface area contributed by atoms with Crippen LogP contribution in [0.25, 0.3) is 0 Å². The molecule has 2 aliphatic heterocycles. The number of aromatic nitrogens is 3. The number of halogens is 1. The Morgan fingerprint density at radius 3 is 2.75 bits per heavy atom. The van der Waals surface area contributed by atoms with Gasteiger partial charge < -0.3 is 14.8 Å². The normalized spacial score (nSPS) is 20.4. The number of nitrogens with zero attached hydrogens (tertiary/aromatic N) is 4. The van der Waals surface area contributed by atoms with Gasteiger partial charge in [-0.2, -0.15) is 0 Å². The van der Waals surface area contributed by atoms with Crippen molar-refractivity contribution in [2.24, 2.45) is 0 Å². The van der Waals surface area contributed by atoms with Crippen LogP contribution in [0.4, 0.5) is 9.18 Å². The van der Waals surface area contributed by atoms with Crippen molar-refractivity contribution in [2.75, 3.05) is 13.1 Å². The molecular formula is C17H20FN5O. The number of amides is 2. The van der Waals surface area contributed by atoms with Crippen molar-refractivity contribution in [1.82, 2.24) is 25.0 Å². The highest BCUT2D eigenvalue weighted by Gasteiger charge is 2.32. The van der Waals surface area contributed by atoms with Gasteiger partial charge in [0.15, 0.2) is 0 Å². The Balaban J connectivity index is 1.42. The van der Waals surface area contributed by atoms with E-state index in [2.05, 4.69) is 32.2 Å². The Kier molecular flexibility index (Phi) is 3.92. The van der Waals surface area contributed by atoms with E-state index in [4.69, 9.17) is 0 Å². The van der Waals surface area contributed by atoms with Crippen LogP contribution >= 0.6 is 0 Å². The first-order valence-electron chi connectivity index (χ1n) is 8.33. The molecule has 4 rings (SSSR count). The highest BCUT2D eigenvalue weighted by molar-refractivity contribution is 5.75. The maximum Gasteiger partial charge on any atom is 0.317 e. The lowest BCUT2D eigenvalue weighted by atomic mass is 10.1. The van der Waals surface area contributed by atoms with Crippen LogP contribution in [0.2, 0.25) is 0 Å². The van der Waals surface area contributed by atoms with Gasteiger partial charge in [-0.1, -0.05) is 30.3 Å². The Labute approximate surface area is 139 Å². The first-order valence-corrected chi connectivity index (χ1v) is 8.33. The maximum atomic E-state index is 12.9. The largest absolute Gasteiger partial charge is 0.333 e. The second kappa shape index (κ2) is 6.22. The van der Waals surface area contributed by atoms with Crippen LogP contribution in [-0.4, -0.2) is 51.0 Å². The second-order valence-electron chi connectivity index (χ2n) is 6.49. The molecule has 2 aromatic rings. The molecule has 1 atom stereocenters. The van der Waals surface area contributed by atoms with Crippen LogP contribution in [0.15, 0.2) is 30.3 Å². The van der Waals surface area contributed by atoms with E-state index in [0.29, 0.717) is 6.54 Å². The molecule has 2 aliphatic rings.